The zero-order valence-corrected chi connectivity index (χ0v) is 12.2. The molecule has 4 nitrogen and oxygen atoms in total. The average molecular weight is 348 g/mol. The van der Waals surface area contributed by atoms with E-state index < -0.39 is 5.60 Å². The third kappa shape index (κ3) is 12.4. The highest BCUT2D eigenvalue weighted by Gasteiger charge is 2.15. The highest BCUT2D eigenvalue weighted by molar-refractivity contribution is 14.2. The van der Waals surface area contributed by atoms with E-state index in [1.165, 1.54) is 9.21 Å². The van der Waals surface area contributed by atoms with Crippen molar-refractivity contribution in [1.29, 1.82) is 0 Å². The fraction of sp³-hybridized carbons (Fsp3) is 0.889. The van der Waals surface area contributed by atoms with Gasteiger partial charge in [0.25, 0.3) is 0 Å². The number of hydrogen-bond donors (Lipinski definition) is 0. The van der Waals surface area contributed by atoms with Crippen molar-refractivity contribution in [1.82, 2.24) is 0 Å². The molecule has 0 aromatic carbocycles. The topological polar surface area (TPSA) is 44.8 Å². The number of carbonyl (C=O) groups is 1. The van der Waals surface area contributed by atoms with Gasteiger partial charge in [0.2, 0.25) is 0 Å². The minimum Gasteiger partial charge on any atom is -0.460 e. The van der Waals surface area contributed by atoms with Gasteiger partial charge in [0.05, 0.1) is 35.5 Å². The number of ether oxygens (including phenoxy) is 2. The Kier molecular flexibility index (Phi) is 8.87. The Morgan fingerprint density at radius 2 is 1.93 bits per heavy atom. The maximum atomic E-state index is 11.2. The van der Waals surface area contributed by atoms with Gasteiger partial charge in [-0.3, -0.25) is 4.79 Å². The first-order valence-electron chi connectivity index (χ1n) is 4.65. The van der Waals surface area contributed by atoms with Crippen LogP contribution in [0.5, 0.6) is 0 Å². The molecule has 0 aliphatic heterocycles. The third-order valence-corrected chi connectivity index (χ3v) is 2.24. The van der Waals surface area contributed by atoms with Crippen molar-refractivity contribution in [3.05, 3.63) is 0 Å². The number of esters is 1. The van der Waals surface area contributed by atoms with Gasteiger partial charge in [0, 0.05) is 21.2 Å². The molecule has 0 aliphatic carbocycles. The van der Waals surface area contributed by atoms with Gasteiger partial charge in [-0.1, -0.05) is 0 Å². The summed E-state index contributed by atoms with van der Waals surface area (Å²) in [4.78, 5) is 11.2. The van der Waals surface area contributed by atoms with E-state index in [9.17, 15) is 4.79 Å². The molecule has 90 valence electrons. The minimum absolute atomic E-state index is 0.230. The Morgan fingerprint density at radius 3 is 2.47 bits per heavy atom. The summed E-state index contributed by atoms with van der Waals surface area (Å²) in [5.41, 5.74) is -0.419. The van der Waals surface area contributed by atoms with Gasteiger partial charge in [-0.2, -0.15) is 0 Å². The molecule has 0 N–H and O–H groups in total. The van der Waals surface area contributed by atoms with Crippen LogP contribution in [0.2, 0.25) is 0 Å². The van der Waals surface area contributed by atoms with Gasteiger partial charge >= 0.3 is 5.97 Å². The van der Waals surface area contributed by atoms with E-state index in [-0.39, 0.29) is 12.4 Å². The molecule has 0 fully saturated rings. The highest BCUT2D eigenvalue weighted by atomic mass is 127. The number of hydrogen-bond acceptors (Lipinski definition) is 5. The van der Waals surface area contributed by atoms with E-state index in [1.54, 1.807) is 0 Å². The Labute approximate surface area is 107 Å². The van der Waals surface area contributed by atoms with E-state index in [1.807, 2.05) is 42.0 Å². The molecule has 0 aliphatic rings. The molecule has 0 atom stereocenters. The summed E-state index contributed by atoms with van der Waals surface area (Å²) in [6.07, 6.45) is 0.286. The summed E-state index contributed by atoms with van der Waals surface area (Å²) in [5, 5.41) is 0. The molecule has 0 radical (unpaired) electrons. The summed E-state index contributed by atoms with van der Waals surface area (Å²) in [7, 11) is 1.27. The first-order chi connectivity index (χ1) is 6.95. The van der Waals surface area contributed by atoms with Crippen LogP contribution in [0.25, 0.3) is 0 Å². The molecule has 0 aromatic heterocycles. The summed E-state index contributed by atoms with van der Waals surface area (Å²) in [6, 6.07) is 0. The van der Waals surface area contributed by atoms with Crippen LogP contribution in [0.3, 0.4) is 0 Å². The van der Waals surface area contributed by atoms with Crippen LogP contribution in [0, 0.1) is 0 Å². The van der Waals surface area contributed by atoms with Gasteiger partial charge in [0.15, 0.2) is 0 Å². The normalized spacial score (nSPS) is 11.5. The van der Waals surface area contributed by atoms with E-state index in [2.05, 4.69) is 0 Å². The molecule has 6 heteroatoms. The lowest BCUT2D eigenvalue weighted by Crippen LogP contribution is -2.24. The molecule has 0 rings (SSSR count). The van der Waals surface area contributed by atoms with Gasteiger partial charge in [-0.25, -0.2) is 0 Å². The average Bonchev–Trinajstić information content (AvgIpc) is 2.08. The zero-order chi connectivity index (χ0) is 11.7. The standard InChI is InChI=1S/C9H17IO4S/c1-9(2,3)14-8(11)4-5-12-6-7-13-15-10/h4-7H2,1-3H3. The molecular weight excluding hydrogens is 331 g/mol. The third-order valence-electron chi connectivity index (χ3n) is 1.23. The fourth-order valence-electron chi connectivity index (χ4n) is 0.775. The van der Waals surface area contributed by atoms with Crippen LogP contribution in [0.4, 0.5) is 0 Å². The molecule has 0 heterocycles. The van der Waals surface area contributed by atoms with Crippen molar-refractivity contribution < 1.29 is 18.5 Å². The fourth-order valence-corrected chi connectivity index (χ4v) is 1.44. The van der Waals surface area contributed by atoms with Crippen LogP contribution in [0.15, 0.2) is 0 Å². The van der Waals surface area contributed by atoms with E-state index in [0.717, 1.165) is 0 Å². The smallest absolute Gasteiger partial charge is 0.308 e. The molecule has 0 spiro atoms. The molecule has 0 saturated carbocycles. The predicted molar refractivity (Wildman–Crippen MR) is 68.8 cm³/mol. The van der Waals surface area contributed by atoms with Crippen molar-refractivity contribution in [2.75, 3.05) is 19.8 Å². The molecule has 15 heavy (non-hydrogen) atoms. The molecule has 0 bridgehead atoms. The Hall–Kier alpha value is 0.470. The van der Waals surface area contributed by atoms with Gasteiger partial charge in [-0.05, 0) is 20.8 Å². The van der Waals surface area contributed by atoms with Gasteiger partial charge in [-0.15, -0.1) is 0 Å². The zero-order valence-electron chi connectivity index (χ0n) is 9.25. The SMILES string of the molecule is CC(C)(C)OC(=O)CCOCCOSI. The molecule has 0 saturated heterocycles. The van der Waals surface area contributed by atoms with Gasteiger partial charge in [0.1, 0.15) is 5.60 Å². The van der Waals surface area contributed by atoms with E-state index >= 15 is 0 Å². The summed E-state index contributed by atoms with van der Waals surface area (Å²) < 4.78 is 15.3. The van der Waals surface area contributed by atoms with Crippen molar-refractivity contribution in [2.45, 2.75) is 32.8 Å². The lowest BCUT2D eigenvalue weighted by Gasteiger charge is -2.19. The molecule has 0 unspecified atom stereocenters. The van der Waals surface area contributed by atoms with Crippen LogP contribution in [-0.2, 0) is 18.5 Å². The second-order valence-corrected chi connectivity index (χ2v) is 5.27. The van der Waals surface area contributed by atoms with Crippen LogP contribution < -0.4 is 0 Å². The van der Waals surface area contributed by atoms with Crippen molar-refractivity contribution >= 4 is 36.4 Å². The highest BCUT2D eigenvalue weighted by Crippen LogP contribution is 2.11. The van der Waals surface area contributed by atoms with Crippen LogP contribution in [-0.4, -0.2) is 31.4 Å². The summed E-state index contributed by atoms with van der Waals surface area (Å²) in [5.74, 6) is -0.230. The monoisotopic (exact) mass is 348 g/mol. The number of rotatable bonds is 7. The van der Waals surface area contributed by atoms with Crippen molar-refractivity contribution in [3.63, 3.8) is 0 Å². The number of halogens is 1. The lowest BCUT2D eigenvalue weighted by atomic mass is 10.2. The van der Waals surface area contributed by atoms with E-state index in [0.29, 0.717) is 19.8 Å². The molecule has 0 amide bonds. The van der Waals surface area contributed by atoms with Crippen molar-refractivity contribution in [3.8, 4) is 0 Å². The second-order valence-electron chi connectivity index (χ2n) is 3.83. The number of carbonyl (C=O) groups excluding carboxylic acids is 1. The summed E-state index contributed by atoms with van der Waals surface area (Å²) >= 11 is 2.04. The van der Waals surface area contributed by atoms with Crippen LogP contribution in [0.1, 0.15) is 27.2 Å². The largest absolute Gasteiger partial charge is 0.460 e. The Bertz CT molecular complexity index is 181. The minimum atomic E-state index is -0.419. The lowest BCUT2D eigenvalue weighted by molar-refractivity contribution is -0.156. The first-order valence-corrected chi connectivity index (χ1v) is 7.94. The van der Waals surface area contributed by atoms with Gasteiger partial charge < -0.3 is 13.7 Å². The van der Waals surface area contributed by atoms with Crippen molar-refractivity contribution in [2.24, 2.45) is 0 Å². The maximum absolute atomic E-state index is 11.2. The molecule has 0 aromatic rings. The van der Waals surface area contributed by atoms with Crippen LogP contribution >= 0.6 is 30.4 Å². The Balaban J connectivity index is 3.32. The first kappa shape index (κ1) is 15.5. The second kappa shape index (κ2) is 8.60. The predicted octanol–water partition coefficient (Wildman–Crippen LogP) is 2.75. The molecular formula is C9H17IO4S. The quantitative estimate of drug-likeness (QED) is 0.306. The maximum Gasteiger partial charge on any atom is 0.308 e. The van der Waals surface area contributed by atoms with E-state index in [4.69, 9.17) is 13.7 Å². The Morgan fingerprint density at radius 1 is 1.27 bits per heavy atom. The summed E-state index contributed by atoms with van der Waals surface area (Å²) in [6.45, 7) is 6.94.